The van der Waals surface area contributed by atoms with Gasteiger partial charge in [-0.15, -0.1) is 16.4 Å². The van der Waals surface area contributed by atoms with Gasteiger partial charge in [0, 0.05) is 18.5 Å². The zero-order valence-electron chi connectivity index (χ0n) is 14.6. The molecule has 3 rings (SSSR count). The normalized spacial score (nSPS) is 10.6. The molecule has 0 saturated heterocycles. The predicted octanol–water partition coefficient (Wildman–Crippen LogP) is 3.30. The van der Waals surface area contributed by atoms with E-state index in [0.29, 0.717) is 32.2 Å². The number of methoxy groups -OCH3 is 1. The molecule has 1 N–H and O–H groups in total. The number of aromatic nitrogens is 4. The number of ether oxygens (including phenoxy) is 1. The van der Waals surface area contributed by atoms with Crippen molar-refractivity contribution >= 4 is 40.3 Å². The second-order valence-electron chi connectivity index (χ2n) is 5.60. The number of Topliss-reactive ketones (excluding diaryl/α,β-unsaturated/α-hetero) is 1. The molecular weight excluding hydrogens is 390 g/mol. The molecule has 0 aliphatic carbocycles. The Morgan fingerprint density at radius 1 is 1.26 bits per heavy atom. The van der Waals surface area contributed by atoms with E-state index >= 15 is 0 Å². The number of nitrogens with one attached hydrogen (secondary N) is 1. The molecule has 0 radical (unpaired) electrons. The van der Waals surface area contributed by atoms with Crippen molar-refractivity contribution in [3.05, 3.63) is 45.4 Å². The number of aryl methyl sites for hydroxylation is 1. The highest BCUT2D eigenvalue weighted by molar-refractivity contribution is 7.18. The van der Waals surface area contributed by atoms with Crippen LogP contribution in [-0.2, 0) is 4.79 Å². The summed E-state index contributed by atoms with van der Waals surface area (Å²) < 4.78 is 7.39. The Morgan fingerprint density at radius 3 is 2.70 bits per heavy atom. The maximum Gasteiger partial charge on any atom is 0.224 e. The van der Waals surface area contributed by atoms with Crippen LogP contribution in [-0.4, -0.2) is 39.0 Å². The molecule has 0 fully saturated rings. The minimum absolute atomic E-state index is 0.0691. The van der Waals surface area contributed by atoms with Gasteiger partial charge in [0.2, 0.25) is 5.91 Å². The number of halogens is 1. The average Bonchev–Trinajstić information content (AvgIpc) is 3.28. The first-order valence-corrected chi connectivity index (χ1v) is 9.19. The number of benzene rings is 1. The van der Waals surface area contributed by atoms with E-state index in [2.05, 4.69) is 20.8 Å². The molecule has 1 aromatic carbocycles. The molecule has 0 aliphatic heterocycles. The molecular formula is C17H16ClN5O3S. The summed E-state index contributed by atoms with van der Waals surface area (Å²) >= 11 is 7.03. The van der Waals surface area contributed by atoms with Crippen LogP contribution in [0.25, 0.3) is 5.69 Å². The summed E-state index contributed by atoms with van der Waals surface area (Å²) in [5, 5.41) is 14.2. The summed E-state index contributed by atoms with van der Waals surface area (Å²) in [5.74, 6) is 0.766. The highest BCUT2D eigenvalue weighted by Gasteiger charge is 2.14. The molecule has 0 unspecified atom stereocenters. The van der Waals surface area contributed by atoms with E-state index in [1.165, 1.54) is 16.0 Å². The van der Waals surface area contributed by atoms with Crippen molar-refractivity contribution in [2.45, 2.75) is 19.8 Å². The maximum absolute atomic E-state index is 12.2. The van der Waals surface area contributed by atoms with Gasteiger partial charge in [0.05, 0.1) is 16.3 Å². The highest BCUT2D eigenvalue weighted by atomic mass is 35.5. The summed E-state index contributed by atoms with van der Waals surface area (Å²) in [6.45, 7) is 1.76. The van der Waals surface area contributed by atoms with Crippen LogP contribution in [0.4, 0.5) is 5.69 Å². The first kappa shape index (κ1) is 19.0. The van der Waals surface area contributed by atoms with Crippen molar-refractivity contribution in [2.75, 3.05) is 12.4 Å². The molecule has 10 heteroatoms. The molecule has 3 aromatic rings. The quantitative estimate of drug-likeness (QED) is 0.605. The van der Waals surface area contributed by atoms with E-state index in [4.69, 9.17) is 16.3 Å². The van der Waals surface area contributed by atoms with Crippen LogP contribution < -0.4 is 10.1 Å². The van der Waals surface area contributed by atoms with Crippen molar-refractivity contribution in [1.82, 2.24) is 20.2 Å². The zero-order chi connectivity index (χ0) is 19.4. The first-order valence-electron chi connectivity index (χ1n) is 7.99. The Morgan fingerprint density at radius 2 is 2.07 bits per heavy atom. The largest absolute Gasteiger partial charge is 0.494 e. The SMILES string of the molecule is COc1ccc(NC(=O)CCC(=O)c2ccc(Cl)s2)cc1-n1nnnc1C. The molecule has 8 nitrogen and oxygen atoms in total. The van der Waals surface area contributed by atoms with Crippen LogP contribution in [0.2, 0.25) is 4.34 Å². The van der Waals surface area contributed by atoms with Gasteiger partial charge in [-0.3, -0.25) is 9.59 Å². The summed E-state index contributed by atoms with van der Waals surface area (Å²) in [7, 11) is 1.54. The average molecular weight is 406 g/mol. The highest BCUT2D eigenvalue weighted by Crippen LogP contribution is 2.27. The number of carbonyl (C=O) groups is 2. The smallest absolute Gasteiger partial charge is 0.224 e. The summed E-state index contributed by atoms with van der Waals surface area (Å²) in [6, 6.07) is 8.46. The Kier molecular flexibility index (Phi) is 5.82. The van der Waals surface area contributed by atoms with E-state index in [1.807, 2.05) is 0 Å². The Hall–Kier alpha value is -2.78. The fraction of sp³-hybridized carbons (Fsp3) is 0.235. The van der Waals surface area contributed by atoms with Gasteiger partial charge in [-0.2, -0.15) is 4.68 Å². The van der Waals surface area contributed by atoms with E-state index in [1.54, 1.807) is 44.4 Å². The third-order valence-corrected chi connectivity index (χ3v) is 5.02. The molecule has 140 valence electrons. The van der Waals surface area contributed by atoms with Crippen LogP contribution in [0, 0.1) is 6.92 Å². The van der Waals surface area contributed by atoms with Crippen molar-refractivity contribution in [3.63, 3.8) is 0 Å². The third kappa shape index (κ3) is 4.50. The second-order valence-corrected chi connectivity index (χ2v) is 7.31. The van der Waals surface area contributed by atoms with Crippen molar-refractivity contribution < 1.29 is 14.3 Å². The standard InChI is InChI=1S/C17H16ClN5O3S/c1-10-20-21-22-23(10)12-9-11(3-5-14(12)26-2)19-17(25)8-4-13(24)15-6-7-16(18)27-15/h3,5-7,9H,4,8H2,1-2H3,(H,19,25). The van der Waals surface area contributed by atoms with Gasteiger partial charge < -0.3 is 10.1 Å². The molecule has 2 heterocycles. The lowest BCUT2D eigenvalue weighted by molar-refractivity contribution is -0.116. The lowest BCUT2D eigenvalue weighted by atomic mass is 10.2. The number of thiophene rings is 1. The molecule has 1 amide bonds. The summed E-state index contributed by atoms with van der Waals surface area (Å²) in [5.41, 5.74) is 1.15. The monoisotopic (exact) mass is 405 g/mol. The number of anilines is 1. The second kappa shape index (κ2) is 8.28. The minimum atomic E-state index is -0.268. The van der Waals surface area contributed by atoms with Gasteiger partial charge in [-0.1, -0.05) is 11.6 Å². The maximum atomic E-state index is 12.2. The summed E-state index contributed by atoms with van der Waals surface area (Å²) in [6.07, 6.45) is 0.178. The van der Waals surface area contributed by atoms with E-state index in [-0.39, 0.29) is 24.5 Å². The molecule has 27 heavy (non-hydrogen) atoms. The van der Waals surface area contributed by atoms with Crippen molar-refractivity contribution in [3.8, 4) is 11.4 Å². The van der Waals surface area contributed by atoms with E-state index < -0.39 is 0 Å². The number of ketones is 1. The molecule has 0 saturated carbocycles. The fourth-order valence-electron chi connectivity index (χ4n) is 2.43. The van der Waals surface area contributed by atoms with E-state index in [9.17, 15) is 9.59 Å². The minimum Gasteiger partial charge on any atom is -0.494 e. The van der Waals surface area contributed by atoms with Crippen LogP contribution in [0.1, 0.15) is 28.3 Å². The zero-order valence-corrected chi connectivity index (χ0v) is 16.2. The predicted molar refractivity (Wildman–Crippen MR) is 102 cm³/mol. The van der Waals surface area contributed by atoms with Gasteiger partial charge >= 0.3 is 0 Å². The first-order chi connectivity index (χ1) is 13.0. The van der Waals surface area contributed by atoms with Crippen LogP contribution in [0.3, 0.4) is 0 Å². The van der Waals surface area contributed by atoms with Crippen molar-refractivity contribution in [1.29, 1.82) is 0 Å². The van der Waals surface area contributed by atoms with Gasteiger partial charge in [-0.25, -0.2) is 0 Å². The van der Waals surface area contributed by atoms with Gasteiger partial charge in [0.15, 0.2) is 11.6 Å². The number of carbonyl (C=O) groups excluding carboxylic acids is 2. The Bertz CT molecular complexity index is 985. The van der Waals surface area contributed by atoms with Crippen LogP contribution >= 0.6 is 22.9 Å². The number of hydrogen-bond donors (Lipinski definition) is 1. The summed E-state index contributed by atoms with van der Waals surface area (Å²) in [4.78, 5) is 24.8. The van der Waals surface area contributed by atoms with E-state index in [0.717, 1.165) is 0 Å². The molecule has 2 aromatic heterocycles. The van der Waals surface area contributed by atoms with Crippen LogP contribution in [0.15, 0.2) is 30.3 Å². The lowest BCUT2D eigenvalue weighted by Gasteiger charge is -2.11. The fourth-order valence-corrected chi connectivity index (χ4v) is 3.44. The molecule has 0 bridgehead atoms. The number of rotatable bonds is 7. The Labute approximate surface area is 164 Å². The number of hydrogen-bond acceptors (Lipinski definition) is 7. The number of tetrazole rings is 1. The molecule has 0 atom stereocenters. The van der Waals surface area contributed by atoms with Gasteiger partial charge in [0.1, 0.15) is 11.4 Å². The lowest BCUT2D eigenvalue weighted by Crippen LogP contribution is -2.14. The Balaban J connectivity index is 1.67. The third-order valence-electron chi connectivity index (χ3n) is 3.74. The van der Waals surface area contributed by atoms with Gasteiger partial charge in [0.25, 0.3) is 0 Å². The van der Waals surface area contributed by atoms with Crippen molar-refractivity contribution in [2.24, 2.45) is 0 Å². The number of amides is 1. The molecule has 0 aliphatic rings. The molecule has 0 spiro atoms. The van der Waals surface area contributed by atoms with Gasteiger partial charge in [-0.05, 0) is 47.7 Å². The van der Waals surface area contributed by atoms with Crippen LogP contribution in [0.5, 0.6) is 5.75 Å². The topological polar surface area (TPSA) is 99.0 Å². The number of nitrogens with zero attached hydrogens (tertiary/aromatic N) is 4.